The fourth-order valence-electron chi connectivity index (χ4n) is 2.52. The van der Waals surface area contributed by atoms with E-state index < -0.39 is 17.8 Å². The van der Waals surface area contributed by atoms with Crippen molar-refractivity contribution in [3.63, 3.8) is 0 Å². The molecule has 1 fully saturated rings. The second kappa shape index (κ2) is 4.42. The van der Waals surface area contributed by atoms with Crippen LogP contribution in [0, 0.1) is 11.3 Å². The number of fused-ring (bicyclic) bond motifs is 1. The molecule has 8 nitrogen and oxygen atoms in total. The zero-order chi connectivity index (χ0) is 14.3. The summed E-state index contributed by atoms with van der Waals surface area (Å²) < 4.78 is 7.04. The van der Waals surface area contributed by atoms with Crippen molar-refractivity contribution < 1.29 is 14.9 Å². The summed E-state index contributed by atoms with van der Waals surface area (Å²) in [5, 5.41) is 32.6. The number of aliphatic hydroxyl groups is 2. The zero-order valence-corrected chi connectivity index (χ0v) is 10.5. The summed E-state index contributed by atoms with van der Waals surface area (Å²) >= 11 is 0. The molecule has 0 aliphatic carbocycles. The maximum absolute atomic E-state index is 9.88. The topological polar surface area (TPSA) is 130 Å². The summed E-state index contributed by atoms with van der Waals surface area (Å²) in [6.07, 6.45) is -0.361. The van der Waals surface area contributed by atoms with E-state index in [2.05, 4.69) is 16.2 Å². The van der Waals surface area contributed by atoms with E-state index in [1.54, 1.807) is 12.1 Å². The molecule has 3 heterocycles. The van der Waals surface area contributed by atoms with Gasteiger partial charge in [-0.3, -0.25) is 0 Å². The van der Waals surface area contributed by atoms with E-state index in [0.717, 1.165) is 0 Å². The molecule has 3 atom stereocenters. The molecule has 0 radical (unpaired) electrons. The van der Waals surface area contributed by atoms with Gasteiger partial charge < -0.3 is 20.7 Å². The molecule has 0 bridgehead atoms. The lowest BCUT2D eigenvalue weighted by Gasteiger charge is -2.20. The molecule has 1 aliphatic heterocycles. The quantitative estimate of drug-likeness (QED) is 0.652. The number of rotatable bonds is 2. The minimum atomic E-state index is -1.36. The van der Waals surface area contributed by atoms with Gasteiger partial charge in [0.25, 0.3) is 0 Å². The van der Waals surface area contributed by atoms with Gasteiger partial charge in [-0.1, -0.05) is 0 Å². The molecule has 0 unspecified atom stereocenters. The third kappa shape index (κ3) is 1.65. The second-order valence-corrected chi connectivity index (χ2v) is 4.71. The lowest BCUT2D eigenvalue weighted by Crippen LogP contribution is -2.28. The predicted molar refractivity (Wildman–Crippen MR) is 67.3 cm³/mol. The second-order valence-electron chi connectivity index (χ2n) is 4.71. The molecule has 104 valence electrons. The van der Waals surface area contributed by atoms with Crippen molar-refractivity contribution in [3.8, 4) is 6.07 Å². The predicted octanol–water partition coefficient (Wildman–Crippen LogP) is -0.828. The molecule has 0 saturated carbocycles. The normalized spacial score (nSPS) is 29.6. The summed E-state index contributed by atoms with van der Waals surface area (Å²) in [6.45, 7) is -0.356. The molecule has 8 heteroatoms. The molecule has 2 aromatic heterocycles. The Kier molecular flexibility index (Phi) is 2.83. The van der Waals surface area contributed by atoms with Crippen LogP contribution in [0.2, 0.25) is 0 Å². The Hall–Kier alpha value is -2.21. The van der Waals surface area contributed by atoms with Crippen LogP contribution in [0.1, 0.15) is 12.1 Å². The van der Waals surface area contributed by atoms with Crippen LogP contribution in [-0.2, 0) is 10.3 Å². The third-order valence-electron chi connectivity index (χ3n) is 3.53. The van der Waals surface area contributed by atoms with Gasteiger partial charge in [0.2, 0.25) is 0 Å². The number of aliphatic hydroxyl groups excluding tert-OH is 2. The van der Waals surface area contributed by atoms with E-state index in [1.165, 1.54) is 10.8 Å². The van der Waals surface area contributed by atoms with Crippen LogP contribution in [0.5, 0.6) is 0 Å². The van der Waals surface area contributed by atoms with Crippen molar-refractivity contribution in [2.24, 2.45) is 0 Å². The van der Waals surface area contributed by atoms with Crippen LogP contribution in [0.25, 0.3) is 5.52 Å². The van der Waals surface area contributed by atoms with Crippen LogP contribution < -0.4 is 5.73 Å². The van der Waals surface area contributed by atoms with Crippen LogP contribution in [-0.4, -0.2) is 43.6 Å². The Balaban J connectivity index is 2.14. The van der Waals surface area contributed by atoms with E-state index >= 15 is 0 Å². The Bertz CT molecular complexity index is 694. The summed E-state index contributed by atoms with van der Waals surface area (Å²) in [5.41, 5.74) is 5.40. The van der Waals surface area contributed by atoms with Gasteiger partial charge in [0.05, 0.1) is 18.4 Å². The minimum Gasteiger partial charge on any atom is -0.394 e. The zero-order valence-electron chi connectivity index (χ0n) is 10.5. The number of hydrogen-bond acceptors (Lipinski definition) is 7. The van der Waals surface area contributed by atoms with Crippen molar-refractivity contribution in [1.82, 2.24) is 14.6 Å². The largest absolute Gasteiger partial charge is 0.394 e. The lowest BCUT2D eigenvalue weighted by atomic mass is 9.96. The number of anilines is 1. The molecule has 3 rings (SSSR count). The first-order chi connectivity index (χ1) is 9.61. The van der Waals surface area contributed by atoms with E-state index in [1.807, 2.05) is 0 Å². The van der Waals surface area contributed by atoms with Crippen molar-refractivity contribution in [2.75, 3.05) is 12.3 Å². The third-order valence-corrected chi connectivity index (χ3v) is 3.53. The van der Waals surface area contributed by atoms with Crippen molar-refractivity contribution in [3.05, 3.63) is 24.2 Å². The number of nitrogens with two attached hydrogens (primary N) is 1. The highest BCUT2D eigenvalue weighted by atomic mass is 16.5. The maximum atomic E-state index is 9.88. The van der Waals surface area contributed by atoms with Gasteiger partial charge in [-0.15, -0.1) is 0 Å². The number of nitrogen functional groups attached to an aromatic ring is 1. The highest BCUT2D eigenvalue weighted by Crippen LogP contribution is 2.39. The number of aromatic nitrogens is 3. The van der Waals surface area contributed by atoms with Crippen LogP contribution in [0.15, 0.2) is 18.5 Å². The highest BCUT2D eigenvalue weighted by molar-refractivity contribution is 5.66. The van der Waals surface area contributed by atoms with Gasteiger partial charge in [0, 0.05) is 6.42 Å². The molecule has 1 aliphatic rings. The summed E-state index contributed by atoms with van der Waals surface area (Å²) in [6, 6.07) is 5.42. The van der Waals surface area contributed by atoms with Gasteiger partial charge in [0.1, 0.15) is 24.0 Å². The molecule has 0 aromatic carbocycles. The molecule has 4 N–H and O–H groups in total. The fraction of sp³-hybridized carbons (Fsp3) is 0.417. The first-order valence-electron chi connectivity index (χ1n) is 6.08. The Morgan fingerprint density at radius 3 is 3.05 bits per heavy atom. The van der Waals surface area contributed by atoms with Gasteiger partial charge in [0.15, 0.2) is 11.4 Å². The lowest BCUT2D eigenvalue weighted by molar-refractivity contribution is -0.0520. The average molecular weight is 275 g/mol. The summed E-state index contributed by atoms with van der Waals surface area (Å²) in [5.74, 6) is 0.289. The Morgan fingerprint density at radius 1 is 1.60 bits per heavy atom. The van der Waals surface area contributed by atoms with Gasteiger partial charge in [-0.25, -0.2) is 9.50 Å². The monoisotopic (exact) mass is 275 g/mol. The van der Waals surface area contributed by atoms with Gasteiger partial charge >= 0.3 is 0 Å². The highest BCUT2D eigenvalue weighted by Gasteiger charge is 2.49. The molecule has 0 spiro atoms. The van der Waals surface area contributed by atoms with E-state index in [-0.39, 0.29) is 18.8 Å². The summed E-state index contributed by atoms with van der Waals surface area (Å²) in [4.78, 5) is 3.87. The van der Waals surface area contributed by atoms with E-state index in [9.17, 15) is 15.5 Å². The first-order valence-corrected chi connectivity index (χ1v) is 6.08. The fourth-order valence-corrected chi connectivity index (χ4v) is 2.52. The molecular formula is C12H13N5O3. The van der Waals surface area contributed by atoms with Gasteiger partial charge in [-0.05, 0) is 12.1 Å². The molecule has 2 aromatic rings. The summed E-state index contributed by atoms with van der Waals surface area (Å²) in [7, 11) is 0. The maximum Gasteiger partial charge on any atom is 0.199 e. The molecule has 20 heavy (non-hydrogen) atoms. The van der Waals surface area contributed by atoms with Crippen LogP contribution in [0.4, 0.5) is 5.82 Å². The van der Waals surface area contributed by atoms with Gasteiger partial charge in [-0.2, -0.15) is 10.4 Å². The number of nitriles is 1. The Labute approximate surface area is 114 Å². The average Bonchev–Trinajstić information content (AvgIpc) is 3.01. The van der Waals surface area contributed by atoms with Crippen molar-refractivity contribution in [1.29, 1.82) is 5.26 Å². The van der Waals surface area contributed by atoms with Crippen molar-refractivity contribution >= 4 is 11.3 Å². The van der Waals surface area contributed by atoms with Crippen molar-refractivity contribution in [2.45, 2.75) is 24.2 Å². The van der Waals surface area contributed by atoms with Crippen LogP contribution in [0.3, 0.4) is 0 Å². The molecular weight excluding hydrogens is 262 g/mol. The number of ether oxygens (including phenoxy) is 1. The molecule has 0 amide bonds. The number of hydrogen-bond donors (Lipinski definition) is 3. The standard InChI is InChI=1S/C12H13N5O3/c13-5-12(3-8(19)9(4-18)20-12)10-2-1-7-11(14)15-6-16-17(7)10/h1-2,6,8-9,18-19H,3-4H2,(H2,14,15,16)/t8-,9+,12-/m0/s1. The SMILES string of the molecule is N#C[C@]1(c2ccc3c(N)ncnn23)C[C@H](O)[C@@H](CO)O1. The first kappa shape index (κ1) is 12.8. The minimum absolute atomic E-state index is 0.0603. The Morgan fingerprint density at radius 2 is 2.40 bits per heavy atom. The number of nitrogens with zero attached hydrogens (tertiary/aromatic N) is 4. The smallest absolute Gasteiger partial charge is 0.199 e. The van der Waals surface area contributed by atoms with E-state index in [4.69, 9.17) is 10.5 Å². The molecule has 1 saturated heterocycles. The van der Waals surface area contributed by atoms with E-state index in [0.29, 0.717) is 11.2 Å². The van der Waals surface area contributed by atoms with Crippen LogP contribution >= 0.6 is 0 Å².